The minimum atomic E-state index is -1.01. The van der Waals surface area contributed by atoms with E-state index in [2.05, 4.69) is 4.74 Å². The lowest BCUT2D eigenvalue weighted by Gasteiger charge is -2.33. The molecule has 0 spiro atoms. The molecule has 0 aromatic carbocycles. The van der Waals surface area contributed by atoms with Gasteiger partial charge >= 0.3 is 17.9 Å². The van der Waals surface area contributed by atoms with Gasteiger partial charge in [0.1, 0.15) is 12.7 Å². The van der Waals surface area contributed by atoms with E-state index in [1.165, 1.54) is 0 Å². The molecule has 1 heterocycles. The van der Waals surface area contributed by atoms with Crippen LogP contribution in [0.1, 0.15) is 0 Å². The standard InChI is InChI=1S/C18H32N4O9/c23-14-31-13-15(24)9-19-1-3-20(10-16(25)26)5-7-22(12-18(29)30)8-6-21(4-2-19)11-17(27)28/h14-15,24H,1-13H2,(H,25,26)(H,27,28)(H,29,30). The number of aliphatic hydroxyl groups excluding tert-OH is 1. The summed E-state index contributed by atoms with van der Waals surface area (Å²) in [5.74, 6) is -3.02. The Bertz CT molecular complexity index is 560. The van der Waals surface area contributed by atoms with Crippen molar-refractivity contribution in [1.29, 1.82) is 0 Å². The van der Waals surface area contributed by atoms with Crippen LogP contribution >= 0.6 is 0 Å². The quantitative estimate of drug-likeness (QED) is 0.236. The molecule has 0 aromatic heterocycles. The van der Waals surface area contributed by atoms with Crippen LogP contribution in [0.2, 0.25) is 0 Å². The first-order chi connectivity index (χ1) is 14.7. The van der Waals surface area contributed by atoms with E-state index in [0.717, 1.165) is 0 Å². The van der Waals surface area contributed by atoms with Gasteiger partial charge in [0.25, 0.3) is 6.47 Å². The minimum absolute atomic E-state index is 0.167. The highest BCUT2D eigenvalue weighted by molar-refractivity contribution is 5.69. The Morgan fingerprint density at radius 2 is 1.03 bits per heavy atom. The molecule has 0 bridgehead atoms. The SMILES string of the molecule is O=COCC(O)CN1CCN(CC(=O)O)CCN(CC(=O)O)CCN(CC(=O)O)CC1. The third-order valence-corrected chi connectivity index (χ3v) is 4.83. The number of carbonyl (C=O) groups excluding carboxylic acids is 1. The molecular formula is C18H32N4O9. The van der Waals surface area contributed by atoms with E-state index < -0.39 is 24.0 Å². The molecule has 1 aliphatic heterocycles. The number of hydrogen-bond acceptors (Lipinski definition) is 10. The lowest BCUT2D eigenvalue weighted by Crippen LogP contribution is -2.49. The highest BCUT2D eigenvalue weighted by Gasteiger charge is 2.21. The maximum atomic E-state index is 11.2. The molecule has 13 heteroatoms. The molecule has 0 aromatic rings. The number of β-amino-alcohol motifs (C(OH)–C–C–N with tert-alkyl or cyclic N) is 1. The fourth-order valence-corrected chi connectivity index (χ4v) is 3.31. The summed E-state index contributed by atoms with van der Waals surface area (Å²) >= 11 is 0. The van der Waals surface area contributed by atoms with E-state index in [9.17, 15) is 34.5 Å². The van der Waals surface area contributed by atoms with Gasteiger partial charge in [0.05, 0.1) is 19.6 Å². The molecule has 0 radical (unpaired) electrons. The number of nitrogens with zero attached hydrogens (tertiary/aromatic N) is 4. The first kappa shape index (κ1) is 26.7. The van der Waals surface area contributed by atoms with Crippen molar-refractivity contribution in [3.8, 4) is 0 Å². The zero-order chi connectivity index (χ0) is 23.2. The molecule has 178 valence electrons. The van der Waals surface area contributed by atoms with Crippen molar-refractivity contribution in [3.63, 3.8) is 0 Å². The average molecular weight is 448 g/mol. The molecule has 4 N–H and O–H groups in total. The maximum Gasteiger partial charge on any atom is 0.317 e. The zero-order valence-corrected chi connectivity index (χ0v) is 17.5. The molecule has 0 saturated carbocycles. The second kappa shape index (κ2) is 14.6. The van der Waals surface area contributed by atoms with Gasteiger partial charge in [-0.1, -0.05) is 0 Å². The summed E-state index contributed by atoms with van der Waals surface area (Å²) in [4.78, 5) is 50.8. The molecule has 0 aliphatic carbocycles. The van der Waals surface area contributed by atoms with Crippen molar-refractivity contribution in [2.24, 2.45) is 0 Å². The first-order valence-corrected chi connectivity index (χ1v) is 9.97. The zero-order valence-electron chi connectivity index (χ0n) is 17.5. The Hall–Kier alpha value is -2.32. The van der Waals surface area contributed by atoms with E-state index >= 15 is 0 Å². The smallest absolute Gasteiger partial charge is 0.317 e. The number of carboxylic acid groups (broad SMARTS) is 3. The van der Waals surface area contributed by atoms with E-state index in [0.29, 0.717) is 52.4 Å². The Kier molecular flexibility index (Phi) is 12.6. The topological polar surface area (TPSA) is 171 Å². The number of carbonyl (C=O) groups is 4. The highest BCUT2D eigenvalue weighted by Crippen LogP contribution is 2.02. The molecule has 1 rings (SSSR count). The second-order valence-electron chi connectivity index (χ2n) is 7.39. The van der Waals surface area contributed by atoms with E-state index in [-0.39, 0.29) is 39.3 Å². The Morgan fingerprint density at radius 1 is 0.710 bits per heavy atom. The predicted octanol–water partition coefficient (Wildman–Crippen LogP) is -3.00. The largest absolute Gasteiger partial charge is 0.480 e. The van der Waals surface area contributed by atoms with Crippen LogP contribution in [0.25, 0.3) is 0 Å². The van der Waals surface area contributed by atoms with Crippen LogP contribution in [0.5, 0.6) is 0 Å². The van der Waals surface area contributed by atoms with Gasteiger partial charge in [0.2, 0.25) is 0 Å². The van der Waals surface area contributed by atoms with Crippen LogP contribution in [-0.4, -0.2) is 156 Å². The summed E-state index contributed by atoms with van der Waals surface area (Å²) in [6.07, 6.45) is -0.940. The van der Waals surface area contributed by atoms with E-state index in [1.54, 1.807) is 14.7 Å². The van der Waals surface area contributed by atoms with Gasteiger partial charge in [-0.3, -0.25) is 38.8 Å². The van der Waals surface area contributed by atoms with Crippen molar-refractivity contribution in [3.05, 3.63) is 0 Å². The lowest BCUT2D eigenvalue weighted by atomic mass is 10.3. The molecule has 31 heavy (non-hydrogen) atoms. The average Bonchev–Trinajstić information content (AvgIpc) is 2.67. The third kappa shape index (κ3) is 12.9. The van der Waals surface area contributed by atoms with Gasteiger partial charge in [-0.15, -0.1) is 0 Å². The molecule has 1 fully saturated rings. The molecule has 13 nitrogen and oxygen atoms in total. The van der Waals surface area contributed by atoms with E-state index in [4.69, 9.17) is 5.11 Å². The maximum absolute atomic E-state index is 11.2. The van der Waals surface area contributed by atoms with Crippen LogP contribution < -0.4 is 0 Å². The number of aliphatic hydroxyl groups is 1. The van der Waals surface area contributed by atoms with Crippen molar-refractivity contribution >= 4 is 24.4 Å². The Labute approximate surface area is 180 Å². The van der Waals surface area contributed by atoms with Gasteiger partial charge in [0, 0.05) is 58.9 Å². The van der Waals surface area contributed by atoms with Crippen molar-refractivity contribution in [2.45, 2.75) is 6.10 Å². The highest BCUT2D eigenvalue weighted by atomic mass is 16.5. The van der Waals surface area contributed by atoms with Crippen LogP contribution in [0.15, 0.2) is 0 Å². The number of hydrogen-bond donors (Lipinski definition) is 4. The fourth-order valence-electron chi connectivity index (χ4n) is 3.31. The summed E-state index contributed by atoms with van der Waals surface area (Å²) in [6, 6.07) is 0. The van der Waals surface area contributed by atoms with Crippen molar-refractivity contribution in [2.75, 3.05) is 85.1 Å². The lowest BCUT2D eigenvalue weighted by molar-refractivity contribution is -0.140. The van der Waals surface area contributed by atoms with Crippen LogP contribution in [0, 0.1) is 0 Å². The van der Waals surface area contributed by atoms with Gasteiger partial charge in [0.15, 0.2) is 0 Å². The normalized spacial score (nSPS) is 19.6. The fraction of sp³-hybridized carbons (Fsp3) is 0.778. The number of carboxylic acids is 3. The van der Waals surface area contributed by atoms with E-state index in [1.807, 2.05) is 4.90 Å². The molecule has 1 unspecified atom stereocenters. The van der Waals surface area contributed by atoms with Crippen LogP contribution in [0.3, 0.4) is 0 Å². The molecule has 1 aliphatic rings. The van der Waals surface area contributed by atoms with Crippen molar-refractivity contribution in [1.82, 2.24) is 19.6 Å². The summed E-state index contributed by atoms with van der Waals surface area (Å²) < 4.78 is 4.58. The Morgan fingerprint density at radius 3 is 1.32 bits per heavy atom. The second-order valence-corrected chi connectivity index (χ2v) is 7.39. The predicted molar refractivity (Wildman–Crippen MR) is 107 cm³/mol. The van der Waals surface area contributed by atoms with Gasteiger partial charge in [-0.2, -0.15) is 0 Å². The molecule has 1 atom stereocenters. The van der Waals surface area contributed by atoms with Gasteiger partial charge < -0.3 is 25.2 Å². The molecule has 1 saturated heterocycles. The third-order valence-electron chi connectivity index (χ3n) is 4.83. The number of ether oxygens (including phenoxy) is 1. The summed E-state index contributed by atoms with van der Waals surface area (Å²) in [5, 5.41) is 37.6. The molecule has 0 amide bonds. The Balaban J connectivity index is 2.91. The van der Waals surface area contributed by atoms with Crippen molar-refractivity contribution < 1.29 is 44.3 Å². The first-order valence-electron chi connectivity index (χ1n) is 9.97. The number of rotatable bonds is 11. The van der Waals surface area contributed by atoms with Gasteiger partial charge in [-0.05, 0) is 0 Å². The summed E-state index contributed by atoms with van der Waals surface area (Å²) in [5.41, 5.74) is 0. The summed E-state index contributed by atoms with van der Waals surface area (Å²) in [7, 11) is 0. The summed E-state index contributed by atoms with van der Waals surface area (Å²) in [6.45, 7) is 2.36. The van der Waals surface area contributed by atoms with Gasteiger partial charge in [-0.25, -0.2) is 0 Å². The van der Waals surface area contributed by atoms with Crippen LogP contribution in [0.4, 0.5) is 0 Å². The van der Waals surface area contributed by atoms with Crippen LogP contribution in [-0.2, 0) is 23.9 Å². The minimum Gasteiger partial charge on any atom is -0.480 e. The molecular weight excluding hydrogens is 416 g/mol. The number of aliphatic carboxylic acids is 3. The monoisotopic (exact) mass is 448 g/mol.